The predicted molar refractivity (Wildman–Crippen MR) is 102 cm³/mol. The van der Waals surface area contributed by atoms with E-state index in [-0.39, 0.29) is 11.9 Å². The minimum Gasteiger partial charge on any atom is -0.475 e. The quantitative estimate of drug-likeness (QED) is 0.352. The van der Waals surface area contributed by atoms with E-state index in [4.69, 9.17) is 9.47 Å². The molecule has 3 rings (SSSR count). The molecule has 1 fully saturated rings. The predicted octanol–water partition coefficient (Wildman–Crippen LogP) is 3.64. The molecule has 144 valence electrons. The van der Waals surface area contributed by atoms with E-state index in [1.54, 1.807) is 0 Å². The highest BCUT2D eigenvalue weighted by molar-refractivity contribution is 6.99. The molecule has 6 nitrogen and oxygen atoms in total. The molecule has 1 unspecified atom stereocenters. The van der Waals surface area contributed by atoms with Crippen LogP contribution in [0, 0.1) is 5.92 Å². The van der Waals surface area contributed by atoms with Gasteiger partial charge >= 0.3 is 5.97 Å². The van der Waals surface area contributed by atoms with Crippen LogP contribution < -0.4 is 4.74 Å². The van der Waals surface area contributed by atoms with Crippen molar-refractivity contribution < 1.29 is 18.8 Å². The number of rotatable bonds is 10. The fraction of sp³-hybridized carbons (Fsp3) is 0.737. The Morgan fingerprint density at radius 1 is 1.31 bits per heavy atom. The van der Waals surface area contributed by atoms with Crippen LogP contribution in [0.3, 0.4) is 0 Å². The number of hydrogen-bond acceptors (Lipinski definition) is 6. The third-order valence-electron chi connectivity index (χ3n) is 5.04. The molecule has 7 heteroatoms. The number of carbonyl (C=O) groups is 1. The topological polar surface area (TPSA) is 61.3 Å². The van der Waals surface area contributed by atoms with E-state index >= 15 is 0 Å². The summed E-state index contributed by atoms with van der Waals surface area (Å²) >= 11 is 1.20. The number of esters is 1. The Hall–Kier alpha value is -1.47. The second-order valence-electron chi connectivity index (χ2n) is 7.71. The van der Waals surface area contributed by atoms with Crippen molar-refractivity contribution in [1.29, 1.82) is 0 Å². The SMILES string of the molecule is CCCCCCOc1nsnc1C1=CCC[N+](C)(COC(=O)C2CC2)C1. The summed E-state index contributed by atoms with van der Waals surface area (Å²) in [4.78, 5) is 11.9. The molecule has 0 bridgehead atoms. The summed E-state index contributed by atoms with van der Waals surface area (Å²) in [6.07, 6.45) is 9.84. The summed E-state index contributed by atoms with van der Waals surface area (Å²) in [6.45, 7) is 5.08. The van der Waals surface area contributed by atoms with Crippen molar-refractivity contribution >= 4 is 23.3 Å². The summed E-state index contributed by atoms with van der Waals surface area (Å²) in [7, 11) is 2.14. The van der Waals surface area contributed by atoms with E-state index in [1.165, 1.54) is 31.0 Å². The minimum absolute atomic E-state index is 0.0353. The fourth-order valence-corrected chi connectivity index (χ4v) is 3.74. The lowest BCUT2D eigenvalue weighted by molar-refractivity contribution is -0.919. The van der Waals surface area contributed by atoms with Gasteiger partial charge in [0.25, 0.3) is 5.88 Å². The molecule has 0 N–H and O–H groups in total. The number of quaternary nitrogens is 1. The smallest absolute Gasteiger partial charge is 0.313 e. The molecule has 2 aliphatic rings. The standard InChI is InChI=1S/C19H30N3O3S/c1-3-4-5-6-12-24-18-17(20-26-21-18)16-8-7-11-22(2,13-16)14-25-19(23)15-9-10-15/h8,15H,3-7,9-14H2,1-2H3/q+1. The number of hydrogen-bond donors (Lipinski definition) is 0. The van der Waals surface area contributed by atoms with Crippen molar-refractivity contribution in [3.05, 3.63) is 11.8 Å². The Balaban J connectivity index is 1.54. The summed E-state index contributed by atoms with van der Waals surface area (Å²) in [6, 6.07) is 0. The maximum Gasteiger partial charge on any atom is 0.313 e. The normalized spacial score (nSPS) is 22.8. The van der Waals surface area contributed by atoms with Gasteiger partial charge in [-0.15, -0.1) is 4.37 Å². The lowest BCUT2D eigenvalue weighted by Crippen LogP contribution is -2.49. The van der Waals surface area contributed by atoms with Crippen LogP contribution in [0.1, 0.15) is 57.6 Å². The fourth-order valence-electron chi connectivity index (χ4n) is 3.21. The zero-order chi connectivity index (χ0) is 18.4. The molecule has 0 radical (unpaired) electrons. The Kier molecular flexibility index (Phi) is 6.64. The molecule has 26 heavy (non-hydrogen) atoms. The first-order valence-electron chi connectivity index (χ1n) is 9.76. The monoisotopic (exact) mass is 380 g/mol. The van der Waals surface area contributed by atoms with Gasteiger partial charge in [0.05, 0.1) is 37.8 Å². The number of nitrogens with zero attached hydrogens (tertiary/aromatic N) is 3. The van der Waals surface area contributed by atoms with Gasteiger partial charge in [0.2, 0.25) is 6.73 Å². The van der Waals surface area contributed by atoms with Gasteiger partial charge in [0, 0.05) is 12.0 Å². The van der Waals surface area contributed by atoms with Crippen LogP contribution in [0.5, 0.6) is 5.88 Å². The van der Waals surface area contributed by atoms with Gasteiger partial charge in [-0.3, -0.25) is 9.28 Å². The summed E-state index contributed by atoms with van der Waals surface area (Å²) in [5.74, 6) is 0.768. The molecule has 1 aliphatic carbocycles. The lowest BCUT2D eigenvalue weighted by atomic mass is 10.1. The summed E-state index contributed by atoms with van der Waals surface area (Å²) < 4.78 is 20.9. The van der Waals surface area contributed by atoms with Crippen molar-refractivity contribution in [3.63, 3.8) is 0 Å². The summed E-state index contributed by atoms with van der Waals surface area (Å²) in [5.41, 5.74) is 2.02. The second kappa shape index (κ2) is 8.95. The second-order valence-corrected chi connectivity index (χ2v) is 8.24. The molecule has 1 aromatic rings. The van der Waals surface area contributed by atoms with Crippen LogP contribution in [0.2, 0.25) is 0 Å². The van der Waals surface area contributed by atoms with Crippen LogP contribution in [0.4, 0.5) is 0 Å². The largest absolute Gasteiger partial charge is 0.475 e. The van der Waals surface area contributed by atoms with Gasteiger partial charge in [-0.25, -0.2) is 0 Å². The van der Waals surface area contributed by atoms with Crippen LogP contribution in [0.15, 0.2) is 6.08 Å². The maximum atomic E-state index is 11.9. The highest BCUT2D eigenvalue weighted by atomic mass is 32.1. The number of likely N-dealkylation sites (N-methyl/N-ethyl adjacent to an activating group) is 1. The average Bonchev–Trinajstić information content (AvgIpc) is 3.38. The van der Waals surface area contributed by atoms with E-state index in [2.05, 4.69) is 28.8 Å². The molecule has 0 spiro atoms. The van der Waals surface area contributed by atoms with Gasteiger partial charge in [-0.05, 0) is 19.3 Å². The highest BCUT2D eigenvalue weighted by Gasteiger charge is 2.35. The van der Waals surface area contributed by atoms with E-state index in [1.807, 2.05) is 0 Å². The highest BCUT2D eigenvalue weighted by Crippen LogP contribution is 2.32. The third-order valence-corrected chi connectivity index (χ3v) is 5.55. The van der Waals surface area contributed by atoms with Gasteiger partial charge < -0.3 is 9.47 Å². The number of unbranched alkanes of at least 4 members (excludes halogenated alkanes) is 3. The van der Waals surface area contributed by atoms with Gasteiger partial charge in [-0.1, -0.05) is 32.3 Å². The van der Waals surface area contributed by atoms with E-state index in [0.29, 0.717) is 23.7 Å². The Morgan fingerprint density at radius 2 is 2.15 bits per heavy atom. The molecule has 1 aliphatic heterocycles. The molecular weight excluding hydrogens is 350 g/mol. The maximum absolute atomic E-state index is 11.9. The molecule has 2 heterocycles. The van der Waals surface area contributed by atoms with Gasteiger partial charge in [0.15, 0.2) is 0 Å². The third kappa shape index (κ3) is 5.27. The molecular formula is C19H30N3O3S+. The Morgan fingerprint density at radius 3 is 2.92 bits per heavy atom. The van der Waals surface area contributed by atoms with Gasteiger partial charge in [-0.2, -0.15) is 4.37 Å². The van der Waals surface area contributed by atoms with E-state index in [0.717, 1.165) is 50.0 Å². The van der Waals surface area contributed by atoms with Crippen LogP contribution >= 0.6 is 11.7 Å². The zero-order valence-electron chi connectivity index (χ0n) is 15.9. The lowest BCUT2D eigenvalue weighted by Gasteiger charge is -2.36. The van der Waals surface area contributed by atoms with E-state index < -0.39 is 0 Å². The van der Waals surface area contributed by atoms with Crippen LogP contribution in [-0.4, -0.2) is 52.7 Å². The Labute approximate surface area is 160 Å². The van der Waals surface area contributed by atoms with E-state index in [9.17, 15) is 4.79 Å². The molecule has 0 saturated heterocycles. The first-order valence-corrected chi connectivity index (χ1v) is 10.5. The zero-order valence-corrected chi connectivity index (χ0v) is 16.7. The van der Waals surface area contributed by atoms with Crippen molar-refractivity contribution in [3.8, 4) is 5.88 Å². The minimum atomic E-state index is -0.0353. The molecule has 1 aromatic heterocycles. The van der Waals surface area contributed by atoms with Crippen LogP contribution in [0.25, 0.3) is 5.57 Å². The number of carbonyl (C=O) groups excluding carboxylic acids is 1. The van der Waals surface area contributed by atoms with Crippen molar-refractivity contribution in [2.75, 3.05) is 33.5 Å². The van der Waals surface area contributed by atoms with Crippen molar-refractivity contribution in [2.45, 2.75) is 51.9 Å². The molecule has 1 saturated carbocycles. The Bertz CT molecular complexity index is 642. The molecule has 0 amide bonds. The first kappa shape index (κ1) is 19.3. The number of aromatic nitrogens is 2. The van der Waals surface area contributed by atoms with Crippen LogP contribution in [-0.2, 0) is 9.53 Å². The summed E-state index contributed by atoms with van der Waals surface area (Å²) in [5, 5.41) is 0. The molecule has 1 atom stereocenters. The first-order chi connectivity index (χ1) is 12.6. The molecule has 0 aromatic carbocycles. The van der Waals surface area contributed by atoms with Gasteiger partial charge in [0.1, 0.15) is 12.2 Å². The number of ether oxygens (including phenoxy) is 2. The van der Waals surface area contributed by atoms with Crippen molar-refractivity contribution in [2.24, 2.45) is 5.92 Å². The van der Waals surface area contributed by atoms with Crippen molar-refractivity contribution in [1.82, 2.24) is 8.75 Å². The average molecular weight is 381 g/mol.